The van der Waals surface area contributed by atoms with E-state index in [1.165, 1.54) is 0 Å². The summed E-state index contributed by atoms with van der Waals surface area (Å²) >= 11 is 0. The SMILES string of the molecule is CCCC[C@H]1C(=O)O[C@H](C)[C@@H]1OC(=O)CC(C)C. The molecule has 4 nitrogen and oxygen atoms in total. The number of ether oxygens (including phenoxy) is 2. The van der Waals surface area contributed by atoms with Crippen molar-refractivity contribution >= 4 is 11.9 Å². The van der Waals surface area contributed by atoms with Crippen molar-refractivity contribution in [3.05, 3.63) is 0 Å². The van der Waals surface area contributed by atoms with E-state index in [9.17, 15) is 9.59 Å². The smallest absolute Gasteiger partial charge is 0.313 e. The van der Waals surface area contributed by atoms with E-state index < -0.39 is 6.10 Å². The molecular formula is C14H24O4. The summed E-state index contributed by atoms with van der Waals surface area (Å²) in [6, 6.07) is 0. The summed E-state index contributed by atoms with van der Waals surface area (Å²) in [5.74, 6) is -0.476. The summed E-state index contributed by atoms with van der Waals surface area (Å²) in [6.07, 6.45) is 2.36. The van der Waals surface area contributed by atoms with Crippen LogP contribution >= 0.6 is 0 Å². The van der Waals surface area contributed by atoms with Crippen LogP contribution < -0.4 is 0 Å². The number of carbonyl (C=O) groups is 2. The molecule has 0 radical (unpaired) electrons. The van der Waals surface area contributed by atoms with E-state index in [0.29, 0.717) is 6.42 Å². The molecule has 4 heteroatoms. The number of unbranched alkanes of at least 4 members (excludes halogenated alkanes) is 1. The monoisotopic (exact) mass is 256 g/mol. The van der Waals surface area contributed by atoms with Crippen LogP contribution in [-0.2, 0) is 19.1 Å². The summed E-state index contributed by atoms with van der Waals surface area (Å²) in [5, 5.41) is 0. The van der Waals surface area contributed by atoms with E-state index in [2.05, 4.69) is 6.92 Å². The Balaban J connectivity index is 2.59. The highest BCUT2D eigenvalue weighted by Crippen LogP contribution is 2.29. The summed E-state index contributed by atoms with van der Waals surface area (Å²) in [5.41, 5.74) is 0. The van der Waals surface area contributed by atoms with Crippen LogP contribution in [0.3, 0.4) is 0 Å². The highest BCUT2D eigenvalue weighted by Gasteiger charge is 2.44. The third-order valence-electron chi connectivity index (χ3n) is 3.18. The summed E-state index contributed by atoms with van der Waals surface area (Å²) in [7, 11) is 0. The van der Waals surface area contributed by atoms with Crippen molar-refractivity contribution in [2.75, 3.05) is 0 Å². The predicted molar refractivity (Wildman–Crippen MR) is 67.9 cm³/mol. The van der Waals surface area contributed by atoms with Crippen LogP contribution in [0.25, 0.3) is 0 Å². The molecule has 1 fully saturated rings. The molecule has 3 atom stereocenters. The normalized spacial score (nSPS) is 27.4. The Hall–Kier alpha value is -1.06. The molecule has 0 aliphatic carbocycles. The predicted octanol–water partition coefficient (Wildman–Crippen LogP) is 2.70. The highest BCUT2D eigenvalue weighted by atomic mass is 16.6. The summed E-state index contributed by atoms with van der Waals surface area (Å²) < 4.78 is 10.6. The lowest BCUT2D eigenvalue weighted by molar-refractivity contribution is -0.154. The Morgan fingerprint density at radius 3 is 2.67 bits per heavy atom. The van der Waals surface area contributed by atoms with Gasteiger partial charge in [0.1, 0.15) is 6.10 Å². The zero-order chi connectivity index (χ0) is 13.7. The van der Waals surface area contributed by atoms with Crippen molar-refractivity contribution in [2.45, 2.75) is 65.6 Å². The van der Waals surface area contributed by atoms with Gasteiger partial charge in [-0.3, -0.25) is 9.59 Å². The van der Waals surface area contributed by atoms with Gasteiger partial charge in [0.25, 0.3) is 0 Å². The molecule has 0 saturated carbocycles. The molecule has 0 spiro atoms. The first-order chi connectivity index (χ1) is 8.45. The first kappa shape index (κ1) is 15.0. The quantitative estimate of drug-likeness (QED) is 0.686. The van der Waals surface area contributed by atoms with Gasteiger partial charge in [0.05, 0.1) is 5.92 Å². The lowest BCUT2D eigenvalue weighted by atomic mass is 9.95. The molecule has 0 aromatic heterocycles. The van der Waals surface area contributed by atoms with Gasteiger partial charge in [0.15, 0.2) is 6.10 Å². The first-order valence-corrected chi connectivity index (χ1v) is 6.85. The Bertz CT molecular complexity index is 298. The van der Waals surface area contributed by atoms with Gasteiger partial charge in [-0.25, -0.2) is 0 Å². The number of carbonyl (C=O) groups excluding carboxylic acids is 2. The highest BCUT2D eigenvalue weighted by molar-refractivity contribution is 5.77. The lowest BCUT2D eigenvalue weighted by Crippen LogP contribution is -2.31. The van der Waals surface area contributed by atoms with Gasteiger partial charge in [0, 0.05) is 6.42 Å². The largest absolute Gasteiger partial charge is 0.458 e. The molecule has 18 heavy (non-hydrogen) atoms. The zero-order valence-electron chi connectivity index (χ0n) is 11.8. The molecule has 0 amide bonds. The van der Waals surface area contributed by atoms with Crippen molar-refractivity contribution in [3.63, 3.8) is 0 Å². The number of hydrogen-bond acceptors (Lipinski definition) is 4. The number of hydrogen-bond donors (Lipinski definition) is 0. The van der Waals surface area contributed by atoms with Gasteiger partial charge in [-0.1, -0.05) is 33.6 Å². The molecular weight excluding hydrogens is 232 g/mol. The molecule has 1 rings (SSSR count). The van der Waals surface area contributed by atoms with Crippen molar-refractivity contribution in [1.82, 2.24) is 0 Å². The van der Waals surface area contributed by atoms with Crippen LogP contribution in [0, 0.1) is 11.8 Å². The van der Waals surface area contributed by atoms with Crippen molar-refractivity contribution < 1.29 is 19.1 Å². The number of cyclic esters (lactones) is 1. The van der Waals surface area contributed by atoms with Crippen LogP contribution in [0.15, 0.2) is 0 Å². The maximum Gasteiger partial charge on any atom is 0.313 e. The number of esters is 2. The Labute approximate surface area is 109 Å². The van der Waals surface area contributed by atoms with Gasteiger partial charge in [-0.15, -0.1) is 0 Å². The van der Waals surface area contributed by atoms with Gasteiger partial charge >= 0.3 is 11.9 Å². The topological polar surface area (TPSA) is 52.6 Å². The maximum absolute atomic E-state index is 11.7. The van der Waals surface area contributed by atoms with Crippen LogP contribution in [0.2, 0.25) is 0 Å². The van der Waals surface area contributed by atoms with E-state index in [1.54, 1.807) is 6.92 Å². The Morgan fingerprint density at radius 1 is 1.44 bits per heavy atom. The van der Waals surface area contributed by atoms with E-state index >= 15 is 0 Å². The third-order valence-corrected chi connectivity index (χ3v) is 3.18. The third kappa shape index (κ3) is 4.00. The van der Waals surface area contributed by atoms with Gasteiger partial charge < -0.3 is 9.47 Å². The molecule has 0 N–H and O–H groups in total. The van der Waals surface area contributed by atoms with E-state index in [1.807, 2.05) is 13.8 Å². The molecule has 0 aromatic carbocycles. The molecule has 1 aliphatic heterocycles. The first-order valence-electron chi connectivity index (χ1n) is 6.85. The van der Waals surface area contributed by atoms with E-state index in [0.717, 1.165) is 19.3 Å². The van der Waals surface area contributed by atoms with E-state index in [4.69, 9.17) is 9.47 Å². The molecule has 0 aromatic rings. The minimum Gasteiger partial charge on any atom is -0.458 e. The Morgan fingerprint density at radius 2 is 2.11 bits per heavy atom. The molecule has 0 bridgehead atoms. The minimum absolute atomic E-state index is 0.224. The van der Waals surface area contributed by atoms with Crippen LogP contribution in [0.1, 0.15) is 53.4 Å². The van der Waals surface area contributed by atoms with Crippen LogP contribution in [-0.4, -0.2) is 24.1 Å². The summed E-state index contributed by atoms with van der Waals surface area (Å²) in [4.78, 5) is 23.4. The lowest BCUT2D eigenvalue weighted by Gasteiger charge is -2.19. The fourth-order valence-corrected chi connectivity index (χ4v) is 2.22. The van der Waals surface area contributed by atoms with Crippen LogP contribution in [0.4, 0.5) is 0 Å². The van der Waals surface area contributed by atoms with Crippen LogP contribution in [0.5, 0.6) is 0 Å². The molecule has 1 saturated heterocycles. The maximum atomic E-state index is 11.7. The molecule has 1 aliphatic rings. The average Bonchev–Trinajstić information content (AvgIpc) is 2.50. The molecule has 1 heterocycles. The van der Waals surface area contributed by atoms with Crippen molar-refractivity contribution in [2.24, 2.45) is 11.8 Å². The van der Waals surface area contributed by atoms with Gasteiger partial charge in [-0.05, 0) is 19.3 Å². The van der Waals surface area contributed by atoms with Gasteiger partial charge in [0.2, 0.25) is 0 Å². The second-order valence-electron chi connectivity index (χ2n) is 5.44. The molecule has 0 unspecified atom stereocenters. The summed E-state index contributed by atoms with van der Waals surface area (Å²) in [6.45, 7) is 7.80. The zero-order valence-corrected chi connectivity index (χ0v) is 11.8. The standard InChI is InChI=1S/C14H24O4/c1-5-6-7-11-13(10(4)17-14(11)16)18-12(15)8-9(2)3/h9-11,13H,5-8H2,1-4H3/t10-,11-,13+/m1/s1. The second-order valence-corrected chi connectivity index (χ2v) is 5.44. The van der Waals surface area contributed by atoms with Gasteiger partial charge in [-0.2, -0.15) is 0 Å². The average molecular weight is 256 g/mol. The second kappa shape index (κ2) is 6.76. The fraction of sp³-hybridized carbons (Fsp3) is 0.857. The molecule has 104 valence electrons. The number of rotatable bonds is 6. The van der Waals surface area contributed by atoms with E-state index in [-0.39, 0.29) is 29.9 Å². The Kier molecular flexibility index (Phi) is 5.63. The minimum atomic E-state index is -0.407. The van der Waals surface area contributed by atoms with Crippen molar-refractivity contribution in [1.29, 1.82) is 0 Å². The fourth-order valence-electron chi connectivity index (χ4n) is 2.22. The van der Waals surface area contributed by atoms with Crippen molar-refractivity contribution in [3.8, 4) is 0 Å².